The Kier molecular flexibility index (Phi) is 5.73. The molecule has 0 amide bonds. The lowest BCUT2D eigenvalue weighted by Crippen LogP contribution is -2.30. The van der Waals surface area contributed by atoms with Gasteiger partial charge in [0.25, 0.3) is 5.91 Å². The maximum atomic E-state index is 13.8. The highest BCUT2D eigenvalue weighted by Crippen LogP contribution is 2.31. The minimum absolute atomic E-state index is 0.108. The molecular formula is C27H24ClN3O4. The number of carboxylic acids is 1. The Balaban J connectivity index is 1.78. The van der Waals surface area contributed by atoms with Gasteiger partial charge in [0.05, 0.1) is 32.9 Å². The monoisotopic (exact) mass is 489 g/mol. The zero-order valence-corrected chi connectivity index (χ0v) is 20.1. The minimum Gasteiger partial charge on any atom is -0.478 e. The fraction of sp³-hybridized carbons (Fsp3) is 0.222. The molecule has 0 aliphatic heterocycles. The number of carbonyl (C=O) groups is 2. The topological polar surface area (TPSA) is 93.3 Å². The third-order valence-electron chi connectivity index (χ3n) is 6.73. The van der Waals surface area contributed by atoms with E-state index in [1.165, 1.54) is 27.7 Å². The molecule has 0 bridgehead atoms. The second-order valence-electron chi connectivity index (χ2n) is 8.92. The van der Waals surface area contributed by atoms with Crippen molar-refractivity contribution in [3.8, 4) is 5.69 Å². The van der Waals surface area contributed by atoms with E-state index in [0.717, 1.165) is 24.1 Å². The van der Waals surface area contributed by atoms with Crippen molar-refractivity contribution in [3.05, 3.63) is 92.4 Å². The first-order valence-corrected chi connectivity index (χ1v) is 11.8. The van der Waals surface area contributed by atoms with E-state index in [1.807, 2.05) is 19.1 Å². The molecule has 0 atom stereocenters. The molecule has 0 unspecified atom stereocenters. The molecule has 8 heteroatoms. The number of carbonyl (C=O) groups excluding carboxylic acids is 1. The van der Waals surface area contributed by atoms with Crippen molar-refractivity contribution in [3.63, 3.8) is 0 Å². The Hall–Kier alpha value is -3.84. The second kappa shape index (κ2) is 8.74. The van der Waals surface area contributed by atoms with E-state index >= 15 is 0 Å². The second-order valence-corrected chi connectivity index (χ2v) is 9.33. The van der Waals surface area contributed by atoms with Gasteiger partial charge >= 0.3 is 11.7 Å². The molecule has 1 saturated carbocycles. The maximum Gasteiger partial charge on any atom is 0.340 e. The summed E-state index contributed by atoms with van der Waals surface area (Å²) in [6.07, 6.45) is 3.34. The van der Waals surface area contributed by atoms with Crippen molar-refractivity contribution in [1.82, 2.24) is 9.13 Å². The molecule has 7 nitrogen and oxygen atoms in total. The van der Waals surface area contributed by atoms with E-state index < -0.39 is 17.6 Å². The van der Waals surface area contributed by atoms with Gasteiger partial charge in [0.1, 0.15) is 0 Å². The van der Waals surface area contributed by atoms with Crippen LogP contribution in [-0.4, -0.2) is 32.2 Å². The lowest BCUT2D eigenvalue weighted by Gasteiger charge is -2.28. The van der Waals surface area contributed by atoms with Gasteiger partial charge in [-0.2, -0.15) is 0 Å². The lowest BCUT2D eigenvalue weighted by molar-refractivity contribution is 0.0696. The molecular weight excluding hydrogens is 466 g/mol. The van der Waals surface area contributed by atoms with Crippen LogP contribution in [0.4, 0.5) is 5.69 Å². The summed E-state index contributed by atoms with van der Waals surface area (Å²) < 4.78 is 2.61. The summed E-state index contributed by atoms with van der Waals surface area (Å²) in [6, 6.07) is 15.3. The summed E-state index contributed by atoms with van der Waals surface area (Å²) in [5.41, 5.74) is 3.66. The molecule has 178 valence electrons. The van der Waals surface area contributed by atoms with Crippen molar-refractivity contribution in [2.75, 3.05) is 5.32 Å². The molecule has 2 N–H and O–H groups in total. The van der Waals surface area contributed by atoms with Crippen LogP contribution in [0.25, 0.3) is 16.7 Å². The van der Waals surface area contributed by atoms with Crippen LogP contribution in [-0.2, 0) is 0 Å². The number of hydrogen-bond acceptors (Lipinski definition) is 4. The largest absolute Gasteiger partial charge is 0.478 e. The zero-order valence-electron chi connectivity index (χ0n) is 19.3. The van der Waals surface area contributed by atoms with E-state index in [9.17, 15) is 19.5 Å². The Labute approximate surface area is 206 Å². The maximum absolute atomic E-state index is 13.8. The number of fused-ring (bicyclic) bond motifs is 1. The molecule has 3 aromatic carbocycles. The number of aryl methyl sites for hydroxylation is 2. The number of imidazole rings is 1. The first-order chi connectivity index (χ1) is 16.8. The third-order valence-corrected chi connectivity index (χ3v) is 7.05. The number of rotatable bonds is 5. The summed E-state index contributed by atoms with van der Waals surface area (Å²) in [7, 11) is 0. The summed E-state index contributed by atoms with van der Waals surface area (Å²) in [4.78, 5) is 39.0. The smallest absolute Gasteiger partial charge is 0.340 e. The fourth-order valence-electron chi connectivity index (χ4n) is 4.58. The predicted octanol–water partition coefficient (Wildman–Crippen LogP) is 5.41. The Morgan fingerprint density at radius 3 is 2.34 bits per heavy atom. The molecule has 0 saturated heterocycles. The van der Waals surface area contributed by atoms with Gasteiger partial charge in [0.15, 0.2) is 0 Å². The van der Waals surface area contributed by atoms with Crippen LogP contribution in [0.5, 0.6) is 0 Å². The summed E-state index contributed by atoms with van der Waals surface area (Å²) in [6.45, 7) is 3.67. The minimum atomic E-state index is -1.06. The molecule has 1 fully saturated rings. The third kappa shape index (κ3) is 3.82. The lowest BCUT2D eigenvalue weighted by atomic mass is 9.92. The normalized spacial score (nSPS) is 13.6. The number of aromatic nitrogens is 2. The summed E-state index contributed by atoms with van der Waals surface area (Å²) in [5, 5.41) is 13.1. The van der Waals surface area contributed by atoms with Gasteiger partial charge in [-0.3, -0.25) is 9.36 Å². The number of carboxylic acid groups (broad SMARTS) is 1. The summed E-state index contributed by atoms with van der Waals surface area (Å²) >= 11 is 6.40. The van der Waals surface area contributed by atoms with E-state index in [4.69, 9.17) is 11.6 Å². The van der Waals surface area contributed by atoms with Crippen LogP contribution in [0.15, 0.2) is 59.4 Å². The van der Waals surface area contributed by atoms with Gasteiger partial charge < -0.3 is 10.4 Å². The van der Waals surface area contributed by atoms with Crippen LogP contribution >= 0.6 is 11.6 Å². The van der Waals surface area contributed by atoms with Gasteiger partial charge in [-0.1, -0.05) is 23.7 Å². The van der Waals surface area contributed by atoms with Crippen molar-refractivity contribution in [2.45, 2.75) is 39.2 Å². The average Bonchev–Trinajstić information content (AvgIpc) is 3.09. The number of nitrogens with zero attached hydrogens (tertiary/aromatic N) is 2. The van der Waals surface area contributed by atoms with Gasteiger partial charge in [0, 0.05) is 11.7 Å². The molecule has 0 spiro atoms. The van der Waals surface area contributed by atoms with Crippen LogP contribution in [0.2, 0.25) is 5.02 Å². The van der Waals surface area contributed by atoms with Gasteiger partial charge in [-0.25, -0.2) is 14.2 Å². The highest BCUT2D eigenvalue weighted by atomic mass is 35.5. The van der Waals surface area contributed by atoms with Crippen LogP contribution in [0.3, 0.4) is 0 Å². The van der Waals surface area contributed by atoms with E-state index in [2.05, 4.69) is 5.32 Å². The Morgan fingerprint density at radius 1 is 1.03 bits per heavy atom. The van der Waals surface area contributed by atoms with Crippen molar-refractivity contribution in [2.24, 2.45) is 0 Å². The highest BCUT2D eigenvalue weighted by molar-refractivity contribution is 6.34. The molecule has 4 aromatic rings. The van der Waals surface area contributed by atoms with E-state index in [-0.39, 0.29) is 16.1 Å². The van der Waals surface area contributed by atoms with Crippen molar-refractivity contribution in [1.29, 1.82) is 0 Å². The quantitative estimate of drug-likeness (QED) is 0.391. The Bertz CT molecular complexity index is 1530. The zero-order chi connectivity index (χ0) is 24.9. The number of nitrogens with one attached hydrogen (secondary N) is 1. The van der Waals surface area contributed by atoms with Crippen molar-refractivity contribution < 1.29 is 14.7 Å². The predicted molar refractivity (Wildman–Crippen MR) is 136 cm³/mol. The molecule has 1 aliphatic rings. The standard InChI is InChI=1S/C27H24ClN3O4/c1-15-5-3-8-20(28)23(15)25(32)31-24-16(2)21(29-18-6-4-7-18)13-14-22(24)30(27(31)35)19-11-9-17(10-12-19)26(33)34/h3,5,8-14,18,29H,4,6-7H2,1-2H3,(H,33,34). The molecule has 35 heavy (non-hydrogen) atoms. The van der Waals surface area contributed by atoms with Crippen LogP contribution in [0.1, 0.15) is 51.1 Å². The number of halogens is 1. The van der Waals surface area contributed by atoms with E-state index in [0.29, 0.717) is 28.3 Å². The van der Waals surface area contributed by atoms with Crippen LogP contribution < -0.4 is 11.0 Å². The first kappa shape index (κ1) is 22.9. The molecule has 0 radical (unpaired) electrons. The average molecular weight is 490 g/mol. The first-order valence-electron chi connectivity index (χ1n) is 11.4. The number of benzene rings is 3. The molecule has 5 rings (SSSR count). The fourth-order valence-corrected chi connectivity index (χ4v) is 4.88. The van der Waals surface area contributed by atoms with Gasteiger partial charge in [0.2, 0.25) is 0 Å². The van der Waals surface area contributed by atoms with Crippen LogP contribution in [0, 0.1) is 13.8 Å². The highest BCUT2D eigenvalue weighted by Gasteiger charge is 2.26. The SMILES string of the molecule is Cc1cccc(Cl)c1C(=O)n1c(=O)n(-c2ccc(C(=O)O)cc2)c2ccc(NC3CCC3)c(C)c21. The molecule has 1 aliphatic carbocycles. The Morgan fingerprint density at radius 2 is 1.74 bits per heavy atom. The van der Waals surface area contributed by atoms with Gasteiger partial charge in [-0.05, 0) is 86.7 Å². The number of aromatic carboxylic acids is 1. The van der Waals surface area contributed by atoms with Gasteiger partial charge in [-0.15, -0.1) is 0 Å². The number of anilines is 1. The van der Waals surface area contributed by atoms with Crippen molar-refractivity contribution >= 4 is 40.2 Å². The molecule has 1 heterocycles. The van der Waals surface area contributed by atoms with E-state index in [1.54, 1.807) is 37.3 Å². The summed E-state index contributed by atoms with van der Waals surface area (Å²) in [5.74, 6) is -1.56. The molecule has 1 aromatic heterocycles. The number of hydrogen-bond donors (Lipinski definition) is 2.